The minimum atomic E-state index is 1.12. The molecule has 0 aliphatic heterocycles. The van der Waals surface area contributed by atoms with Crippen LogP contribution in [0.15, 0.2) is 0 Å². The van der Waals surface area contributed by atoms with Gasteiger partial charge in [-0.2, -0.15) is 0 Å². The Bertz CT molecular complexity index is 84.3. The lowest BCUT2D eigenvalue weighted by molar-refractivity contribution is -0.368. The predicted molar refractivity (Wildman–Crippen MR) is 67.7 cm³/mol. The number of alkyl halides is 1. The number of rotatable bonds is 11. The first-order valence-corrected chi connectivity index (χ1v) is 7.39. The molecule has 0 aromatic carbocycles. The highest BCUT2D eigenvalue weighted by Crippen LogP contribution is 2.10. The largest absolute Gasteiger partial charge is 0.358 e. The van der Waals surface area contributed by atoms with E-state index >= 15 is 0 Å². The first kappa shape index (κ1) is 14.4. The molecule has 0 radical (unpaired) electrons. The molecule has 14 heavy (non-hydrogen) atoms. The predicted octanol–water partition coefficient (Wildman–Crippen LogP) is 3.52. The lowest BCUT2D eigenvalue weighted by Gasteiger charge is -2.00. The summed E-state index contributed by atoms with van der Waals surface area (Å²) in [7, 11) is 0. The average molecular weight is 265 g/mol. The van der Waals surface area contributed by atoms with Crippen LogP contribution in [0.4, 0.5) is 0 Å². The fourth-order valence-corrected chi connectivity index (χ4v) is 2.08. The van der Waals surface area contributed by atoms with Crippen LogP contribution in [-0.4, -0.2) is 11.9 Å². The van der Waals surface area contributed by atoms with Crippen molar-refractivity contribution in [3.05, 3.63) is 0 Å². The fraction of sp³-hybridized carbons (Fsp3) is 1.00. The van der Waals surface area contributed by atoms with E-state index in [0.29, 0.717) is 0 Å². The maximum atomic E-state index is 3.86. The highest BCUT2D eigenvalue weighted by molar-refractivity contribution is 9.09. The van der Waals surface area contributed by atoms with Crippen LogP contribution in [0.5, 0.6) is 0 Å². The van der Waals surface area contributed by atoms with Crippen molar-refractivity contribution in [1.29, 1.82) is 0 Å². The van der Waals surface area contributed by atoms with E-state index in [9.17, 15) is 0 Å². The van der Waals surface area contributed by atoms with Gasteiger partial charge in [0, 0.05) is 5.33 Å². The topological polar surface area (TPSA) is 27.6 Å². The number of hydrogen-bond donors (Lipinski definition) is 1. The molecule has 0 unspecified atom stereocenters. The third kappa shape index (κ3) is 12.4. The van der Waals surface area contributed by atoms with Crippen molar-refractivity contribution in [2.75, 3.05) is 11.9 Å². The van der Waals surface area contributed by atoms with E-state index in [1.54, 1.807) is 0 Å². The van der Waals surface area contributed by atoms with Crippen LogP contribution < -0.4 is 5.73 Å². The van der Waals surface area contributed by atoms with E-state index in [4.69, 9.17) is 0 Å². The molecular weight excluding hydrogens is 238 g/mol. The van der Waals surface area contributed by atoms with Gasteiger partial charge in [-0.25, -0.2) is 0 Å². The molecule has 0 amide bonds. The summed E-state index contributed by atoms with van der Waals surface area (Å²) in [4.78, 5) is 0. The second-order valence-electron chi connectivity index (χ2n) is 4.08. The smallest absolute Gasteiger partial charge is 0.0739 e. The van der Waals surface area contributed by atoms with Crippen molar-refractivity contribution in [2.45, 2.75) is 64.2 Å². The van der Waals surface area contributed by atoms with Gasteiger partial charge in [0.1, 0.15) is 0 Å². The zero-order valence-electron chi connectivity index (χ0n) is 9.57. The number of hydrogen-bond acceptors (Lipinski definition) is 0. The molecule has 0 heterocycles. The first-order valence-electron chi connectivity index (χ1n) is 6.27. The summed E-state index contributed by atoms with van der Waals surface area (Å²) in [6.07, 6.45) is 14.1. The summed E-state index contributed by atoms with van der Waals surface area (Å²) < 4.78 is 0. The number of quaternary nitrogens is 1. The van der Waals surface area contributed by atoms with Crippen LogP contribution in [0.2, 0.25) is 0 Å². The monoisotopic (exact) mass is 264 g/mol. The zero-order valence-corrected chi connectivity index (χ0v) is 11.2. The molecule has 3 N–H and O–H groups in total. The van der Waals surface area contributed by atoms with E-state index in [1.807, 2.05) is 0 Å². The van der Waals surface area contributed by atoms with E-state index in [0.717, 1.165) is 6.54 Å². The average Bonchev–Trinajstić information content (AvgIpc) is 2.21. The Labute approximate surface area is 98.0 Å². The molecular formula is C12H27BrN+. The molecule has 1 nitrogen and oxygen atoms in total. The maximum Gasteiger partial charge on any atom is 0.0739 e. The van der Waals surface area contributed by atoms with Crippen molar-refractivity contribution in [1.82, 2.24) is 0 Å². The minimum Gasteiger partial charge on any atom is -0.358 e. The highest BCUT2D eigenvalue weighted by Gasteiger charge is 1.92. The van der Waals surface area contributed by atoms with Gasteiger partial charge < -0.3 is 5.73 Å². The zero-order chi connectivity index (χ0) is 10.5. The Hall–Kier alpha value is 0.440. The molecule has 0 aromatic heterocycles. The Kier molecular flexibility index (Phi) is 13.9. The summed E-state index contributed by atoms with van der Waals surface area (Å²) >= 11 is 3.46. The second-order valence-corrected chi connectivity index (χ2v) is 4.87. The third-order valence-corrected chi connectivity index (χ3v) is 3.19. The van der Waals surface area contributed by atoms with Crippen LogP contribution >= 0.6 is 15.9 Å². The lowest BCUT2D eigenvalue weighted by Crippen LogP contribution is -2.50. The Morgan fingerprint density at radius 3 is 1.29 bits per heavy atom. The SMILES string of the molecule is [NH3+]CCCCCCCCCCCCBr. The summed E-state index contributed by atoms with van der Waals surface area (Å²) in [6.45, 7) is 1.12. The van der Waals surface area contributed by atoms with Gasteiger partial charge in [-0.1, -0.05) is 60.9 Å². The van der Waals surface area contributed by atoms with Crippen molar-refractivity contribution in [2.24, 2.45) is 0 Å². The van der Waals surface area contributed by atoms with Crippen LogP contribution in [0, 0.1) is 0 Å². The molecule has 0 spiro atoms. The lowest BCUT2D eigenvalue weighted by atomic mass is 10.1. The normalized spacial score (nSPS) is 10.7. The molecule has 0 aliphatic rings. The summed E-state index contributed by atoms with van der Waals surface area (Å²) in [5, 5.41) is 1.18. The van der Waals surface area contributed by atoms with Gasteiger partial charge in [0.25, 0.3) is 0 Å². The van der Waals surface area contributed by atoms with Gasteiger partial charge >= 0.3 is 0 Å². The molecule has 0 saturated heterocycles. The van der Waals surface area contributed by atoms with Crippen molar-refractivity contribution in [3.63, 3.8) is 0 Å². The van der Waals surface area contributed by atoms with Gasteiger partial charge in [0.05, 0.1) is 6.54 Å². The van der Waals surface area contributed by atoms with E-state index in [2.05, 4.69) is 21.7 Å². The van der Waals surface area contributed by atoms with Gasteiger partial charge in [0.15, 0.2) is 0 Å². The van der Waals surface area contributed by atoms with E-state index in [-0.39, 0.29) is 0 Å². The molecule has 0 fully saturated rings. The minimum absolute atomic E-state index is 1.12. The van der Waals surface area contributed by atoms with Crippen molar-refractivity contribution in [3.8, 4) is 0 Å². The molecule has 86 valence electrons. The Morgan fingerprint density at radius 1 is 0.571 bits per heavy atom. The van der Waals surface area contributed by atoms with Gasteiger partial charge in [0.2, 0.25) is 0 Å². The maximum absolute atomic E-state index is 3.86. The second kappa shape index (κ2) is 13.4. The van der Waals surface area contributed by atoms with E-state index < -0.39 is 0 Å². The summed E-state index contributed by atoms with van der Waals surface area (Å²) in [6, 6.07) is 0. The fourth-order valence-electron chi connectivity index (χ4n) is 1.69. The van der Waals surface area contributed by atoms with Crippen LogP contribution in [0.25, 0.3) is 0 Å². The molecule has 0 saturated carbocycles. The molecule has 0 aromatic rings. The van der Waals surface area contributed by atoms with Gasteiger partial charge in [-0.3, -0.25) is 0 Å². The first-order chi connectivity index (χ1) is 6.91. The molecule has 0 bridgehead atoms. The molecule has 2 heteroatoms. The number of unbranched alkanes of at least 4 members (excludes halogenated alkanes) is 9. The van der Waals surface area contributed by atoms with Crippen LogP contribution in [0.1, 0.15) is 64.2 Å². The summed E-state index contributed by atoms with van der Waals surface area (Å²) in [5.41, 5.74) is 3.86. The number of halogens is 1. The quantitative estimate of drug-likeness (QED) is 0.437. The molecule has 0 aliphatic carbocycles. The van der Waals surface area contributed by atoms with Gasteiger partial charge in [-0.05, 0) is 19.3 Å². The van der Waals surface area contributed by atoms with E-state index in [1.165, 1.54) is 69.5 Å². The van der Waals surface area contributed by atoms with Crippen molar-refractivity contribution >= 4 is 15.9 Å². The van der Waals surface area contributed by atoms with Crippen molar-refractivity contribution < 1.29 is 5.73 Å². The standard InChI is InChI=1S/C12H26BrN/c13-11-9-7-5-3-1-2-4-6-8-10-12-14/h1-12,14H2/p+1. The molecule has 0 rings (SSSR count). The third-order valence-electron chi connectivity index (χ3n) is 2.63. The van der Waals surface area contributed by atoms with Gasteiger partial charge in [-0.15, -0.1) is 0 Å². The van der Waals surface area contributed by atoms with Crippen LogP contribution in [-0.2, 0) is 0 Å². The Morgan fingerprint density at radius 2 is 0.929 bits per heavy atom. The summed E-state index contributed by atoms with van der Waals surface area (Å²) in [5.74, 6) is 0. The Balaban J connectivity index is 2.78. The molecule has 0 atom stereocenters. The highest BCUT2D eigenvalue weighted by atomic mass is 79.9. The van der Waals surface area contributed by atoms with Crippen LogP contribution in [0.3, 0.4) is 0 Å².